The first kappa shape index (κ1) is 13.8. The number of benzene rings is 1. The number of allylic oxidation sites excluding steroid dienone is 2. The first-order chi connectivity index (χ1) is 9.67. The van der Waals surface area contributed by atoms with Crippen molar-refractivity contribution in [2.45, 2.75) is 32.7 Å². The number of anilines is 1. The number of rotatable bonds is 5. The molecule has 3 heteroatoms. The van der Waals surface area contributed by atoms with Crippen LogP contribution in [0, 0.1) is 17.8 Å². The van der Waals surface area contributed by atoms with Crippen molar-refractivity contribution in [1.82, 2.24) is 0 Å². The molecule has 0 radical (unpaired) electrons. The van der Waals surface area contributed by atoms with Crippen molar-refractivity contribution in [3.05, 3.63) is 35.4 Å². The summed E-state index contributed by atoms with van der Waals surface area (Å²) in [6, 6.07) is 6.23. The number of ether oxygens (including phenoxy) is 1. The third-order valence-corrected chi connectivity index (χ3v) is 4.83. The molecule has 3 rings (SSSR count). The summed E-state index contributed by atoms with van der Waals surface area (Å²) in [4.78, 5) is 0. The van der Waals surface area contributed by atoms with Gasteiger partial charge in [-0.25, -0.2) is 0 Å². The van der Waals surface area contributed by atoms with Crippen molar-refractivity contribution in [2.24, 2.45) is 17.8 Å². The monoisotopic (exact) mass is 291 g/mol. The topological polar surface area (TPSA) is 21.3 Å². The van der Waals surface area contributed by atoms with Crippen molar-refractivity contribution in [3.63, 3.8) is 0 Å². The van der Waals surface area contributed by atoms with Crippen LogP contribution in [0.4, 0.5) is 5.69 Å². The van der Waals surface area contributed by atoms with E-state index in [1.807, 2.05) is 25.1 Å². The van der Waals surface area contributed by atoms with Crippen molar-refractivity contribution in [2.75, 3.05) is 11.9 Å². The lowest BCUT2D eigenvalue weighted by Gasteiger charge is -2.28. The molecular weight excluding hydrogens is 270 g/mol. The predicted molar refractivity (Wildman–Crippen MR) is 84.5 cm³/mol. The van der Waals surface area contributed by atoms with Crippen LogP contribution < -0.4 is 10.1 Å². The normalized spacial score (nSPS) is 28.6. The molecule has 2 nitrogen and oxygen atoms in total. The number of hydrogen-bond donors (Lipinski definition) is 1. The van der Waals surface area contributed by atoms with Gasteiger partial charge in [0.15, 0.2) is 0 Å². The van der Waals surface area contributed by atoms with E-state index in [1.165, 1.54) is 12.8 Å². The molecule has 1 aromatic rings. The predicted octanol–water partition coefficient (Wildman–Crippen LogP) is 4.75. The summed E-state index contributed by atoms with van der Waals surface area (Å²) in [6.45, 7) is 4.94. The maximum absolute atomic E-state index is 6.12. The third-order valence-electron chi connectivity index (χ3n) is 4.60. The Bertz CT molecular complexity index is 514. The largest absolute Gasteiger partial charge is 0.492 e. The molecule has 4 atom stereocenters. The molecule has 1 fully saturated rings. The smallest absolute Gasteiger partial charge is 0.142 e. The molecule has 0 saturated heterocycles. The van der Waals surface area contributed by atoms with Crippen LogP contribution >= 0.6 is 11.6 Å². The summed E-state index contributed by atoms with van der Waals surface area (Å²) < 4.78 is 5.68. The number of halogens is 1. The zero-order valence-corrected chi connectivity index (χ0v) is 12.9. The highest BCUT2D eigenvalue weighted by Gasteiger charge is 2.38. The molecule has 1 aromatic carbocycles. The van der Waals surface area contributed by atoms with Crippen molar-refractivity contribution >= 4 is 17.3 Å². The lowest BCUT2D eigenvalue weighted by molar-refractivity contribution is 0.340. The van der Waals surface area contributed by atoms with E-state index in [0.717, 1.165) is 34.2 Å². The minimum absolute atomic E-state index is 0.438. The number of nitrogens with one attached hydrogen (secondary N) is 1. The molecule has 2 aliphatic rings. The van der Waals surface area contributed by atoms with Gasteiger partial charge in [0, 0.05) is 11.1 Å². The standard InChI is InChI=1S/C17H22ClNO/c1-3-20-17-7-6-14(18)10-16(17)19-11(2)15-9-12-4-5-13(15)8-12/h4-7,10-13,15,19H,3,8-9H2,1-2H3. The summed E-state index contributed by atoms with van der Waals surface area (Å²) in [5.41, 5.74) is 1.01. The van der Waals surface area contributed by atoms with Gasteiger partial charge >= 0.3 is 0 Å². The zero-order chi connectivity index (χ0) is 14.1. The lowest BCUT2D eigenvalue weighted by Crippen LogP contribution is -2.29. The van der Waals surface area contributed by atoms with Crippen LogP contribution in [0.1, 0.15) is 26.7 Å². The van der Waals surface area contributed by atoms with Gasteiger partial charge in [-0.3, -0.25) is 0 Å². The molecule has 0 amide bonds. The van der Waals surface area contributed by atoms with Gasteiger partial charge in [0.25, 0.3) is 0 Å². The highest BCUT2D eigenvalue weighted by Crippen LogP contribution is 2.45. The second-order valence-electron chi connectivity index (χ2n) is 5.95. The first-order valence-corrected chi connectivity index (χ1v) is 7.92. The van der Waals surface area contributed by atoms with E-state index in [2.05, 4.69) is 24.4 Å². The van der Waals surface area contributed by atoms with Gasteiger partial charge in [0.2, 0.25) is 0 Å². The van der Waals surface area contributed by atoms with Crippen LogP contribution in [0.15, 0.2) is 30.4 Å². The number of hydrogen-bond acceptors (Lipinski definition) is 2. The van der Waals surface area contributed by atoms with E-state index in [-0.39, 0.29) is 0 Å². The first-order valence-electron chi connectivity index (χ1n) is 7.54. The number of fused-ring (bicyclic) bond motifs is 2. The Kier molecular flexibility index (Phi) is 3.93. The Morgan fingerprint density at radius 3 is 2.85 bits per heavy atom. The van der Waals surface area contributed by atoms with Gasteiger partial charge in [-0.2, -0.15) is 0 Å². The van der Waals surface area contributed by atoms with E-state index in [4.69, 9.17) is 16.3 Å². The Labute approximate surface area is 126 Å². The van der Waals surface area contributed by atoms with Crippen molar-refractivity contribution < 1.29 is 4.74 Å². The second-order valence-corrected chi connectivity index (χ2v) is 6.39. The quantitative estimate of drug-likeness (QED) is 0.790. The van der Waals surface area contributed by atoms with Crippen LogP contribution in [0.25, 0.3) is 0 Å². The van der Waals surface area contributed by atoms with E-state index >= 15 is 0 Å². The van der Waals surface area contributed by atoms with Gasteiger partial charge in [0.1, 0.15) is 5.75 Å². The molecule has 0 aromatic heterocycles. The molecule has 2 aliphatic carbocycles. The maximum atomic E-state index is 6.12. The SMILES string of the molecule is CCOc1ccc(Cl)cc1NC(C)C1CC2C=CC1C2. The summed E-state index contributed by atoms with van der Waals surface area (Å²) >= 11 is 6.12. The molecule has 0 spiro atoms. The van der Waals surface area contributed by atoms with E-state index < -0.39 is 0 Å². The van der Waals surface area contributed by atoms with Gasteiger partial charge in [-0.05, 0) is 62.6 Å². The summed E-state index contributed by atoms with van der Waals surface area (Å²) in [7, 11) is 0. The fraction of sp³-hybridized carbons (Fsp3) is 0.529. The molecule has 0 heterocycles. The average molecular weight is 292 g/mol. The molecule has 1 N–H and O–H groups in total. The van der Waals surface area contributed by atoms with Crippen molar-refractivity contribution in [1.29, 1.82) is 0 Å². The maximum Gasteiger partial charge on any atom is 0.142 e. The van der Waals surface area contributed by atoms with E-state index in [9.17, 15) is 0 Å². The average Bonchev–Trinajstić information content (AvgIpc) is 3.04. The Morgan fingerprint density at radius 2 is 2.20 bits per heavy atom. The molecule has 4 unspecified atom stereocenters. The zero-order valence-electron chi connectivity index (χ0n) is 12.1. The molecular formula is C17H22ClNO. The van der Waals surface area contributed by atoms with Crippen LogP contribution in [0.2, 0.25) is 5.02 Å². The summed E-state index contributed by atoms with van der Waals surface area (Å²) in [6.07, 6.45) is 7.43. The molecule has 0 aliphatic heterocycles. The molecule has 20 heavy (non-hydrogen) atoms. The van der Waals surface area contributed by atoms with E-state index in [1.54, 1.807) is 0 Å². The minimum atomic E-state index is 0.438. The van der Waals surface area contributed by atoms with E-state index in [0.29, 0.717) is 12.6 Å². The fourth-order valence-electron chi connectivity index (χ4n) is 3.65. The van der Waals surface area contributed by atoms with Gasteiger partial charge in [-0.15, -0.1) is 0 Å². The highest BCUT2D eigenvalue weighted by molar-refractivity contribution is 6.30. The fourth-order valence-corrected chi connectivity index (χ4v) is 3.82. The van der Waals surface area contributed by atoms with Crippen LogP contribution in [-0.4, -0.2) is 12.6 Å². The Balaban J connectivity index is 1.73. The highest BCUT2D eigenvalue weighted by atomic mass is 35.5. The van der Waals surface area contributed by atoms with Crippen LogP contribution in [0.3, 0.4) is 0 Å². The van der Waals surface area contributed by atoms with Crippen molar-refractivity contribution in [3.8, 4) is 5.75 Å². The minimum Gasteiger partial charge on any atom is -0.492 e. The summed E-state index contributed by atoms with van der Waals surface area (Å²) in [5, 5.41) is 4.37. The van der Waals surface area contributed by atoms with Gasteiger partial charge < -0.3 is 10.1 Å². The van der Waals surface area contributed by atoms with Gasteiger partial charge in [-0.1, -0.05) is 23.8 Å². The lowest BCUT2D eigenvalue weighted by atomic mass is 9.87. The summed E-state index contributed by atoms with van der Waals surface area (Å²) in [5.74, 6) is 3.16. The third kappa shape index (κ3) is 2.67. The van der Waals surface area contributed by atoms with Gasteiger partial charge in [0.05, 0.1) is 12.3 Å². The van der Waals surface area contributed by atoms with Crippen LogP contribution in [0.5, 0.6) is 5.75 Å². The molecule has 2 bridgehead atoms. The molecule has 108 valence electrons. The molecule has 1 saturated carbocycles. The van der Waals surface area contributed by atoms with Crippen LogP contribution in [-0.2, 0) is 0 Å². The Hall–Kier alpha value is -1.15. The second kappa shape index (κ2) is 5.69. The Morgan fingerprint density at radius 1 is 1.35 bits per heavy atom.